The summed E-state index contributed by atoms with van der Waals surface area (Å²) in [6.07, 6.45) is 4.74. The third kappa shape index (κ3) is 3.33. The van der Waals surface area contributed by atoms with Crippen LogP contribution in [-0.2, 0) is 17.6 Å². The van der Waals surface area contributed by atoms with E-state index in [-0.39, 0.29) is 17.9 Å². The lowest BCUT2D eigenvalue weighted by molar-refractivity contribution is -0.121. The van der Waals surface area contributed by atoms with Gasteiger partial charge < -0.3 is 10.3 Å². The fourth-order valence-electron chi connectivity index (χ4n) is 3.29. The number of rotatable bonds is 6. The van der Waals surface area contributed by atoms with Crippen LogP contribution in [0.2, 0.25) is 0 Å². The fraction of sp³-hybridized carbons (Fsp3) is 0.263. The second-order valence-electron chi connectivity index (χ2n) is 6.46. The topological polar surface area (TPSA) is 108 Å². The average molecular weight is 364 g/mol. The summed E-state index contributed by atoms with van der Waals surface area (Å²) in [6, 6.07) is 8.09. The smallest absolute Gasteiger partial charge is 0.277 e. The lowest BCUT2D eigenvalue weighted by Crippen LogP contribution is -2.28. The van der Waals surface area contributed by atoms with E-state index in [4.69, 9.17) is 0 Å². The van der Waals surface area contributed by atoms with Gasteiger partial charge in [0, 0.05) is 35.6 Å². The molecule has 3 aromatic heterocycles. The van der Waals surface area contributed by atoms with E-state index in [9.17, 15) is 9.59 Å². The number of amides is 1. The number of nitrogens with one attached hydrogen (secondary N) is 3. The molecule has 8 heteroatoms. The maximum atomic E-state index is 12.4. The molecule has 0 atom stereocenters. The predicted molar refractivity (Wildman–Crippen MR) is 102 cm³/mol. The van der Waals surface area contributed by atoms with E-state index in [1.807, 2.05) is 24.4 Å². The van der Waals surface area contributed by atoms with Gasteiger partial charge in [0.15, 0.2) is 0 Å². The van der Waals surface area contributed by atoms with Gasteiger partial charge in [0.25, 0.3) is 11.3 Å². The Balaban J connectivity index is 1.34. The number of aromatic amines is 2. The monoisotopic (exact) mass is 364 g/mol. The number of fused-ring (bicyclic) bond motifs is 2. The third-order valence-corrected chi connectivity index (χ3v) is 4.73. The third-order valence-electron chi connectivity index (χ3n) is 4.73. The molecule has 3 heterocycles. The Bertz CT molecular complexity index is 1170. The van der Waals surface area contributed by atoms with Crippen LogP contribution in [0, 0.1) is 6.92 Å². The van der Waals surface area contributed by atoms with Crippen LogP contribution in [0.1, 0.15) is 23.2 Å². The number of carbonyl (C=O) groups excluding carboxylic acids is 1. The summed E-state index contributed by atoms with van der Waals surface area (Å²) < 4.78 is 1.29. The number of H-pyrrole nitrogens is 2. The molecule has 3 N–H and O–H groups in total. The van der Waals surface area contributed by atoms with Crippen LogP contribution < -0.4 is 10.9 Å². The molecule has 4 rings (SSSR count). The summed E-state index contributed by atoms with van der Waals surface area (Å²) in [5.41, 5.74) is 3.20. The first-order valence-corrected chi connectivity index (χ1v) is 8.87. The molecular formula is C19H20N6O2. The van der Waals surface area contributed by atoms with Gasteiger partial charge in [-0.3, -0.25) is 14.7 Å². The molecule has 0 aliphatic heterocycles. The zero-order valence-corrected chi connectivity index (χ0v) is 15.0. The Labute approximate surface area is 154 Å². The van der Waals surface area contributed by atoms with Crippen molar-refractivity contribution in [3.63, 3.8) is 0 Å². The van der Waals surface area contributed by atoms with Crippen LogP contribution in [0.3, 0.4) is 0 Å². The number of hydrogen-bond acceptors (Lipinski definition) is 4. The van der Waals surface area contributed by atoms with Gasteiger partial charge in [-0.1, -0.05) is 18.2 Å². The van der Waals surface area contributed by atoms with E-state index in [0.29, 0.717) is 30.0 Å². The van der Waals surface area contributed by atoms with Crippen LogP contribution in [0.25, 0.3) is 16.7 Å². The number of carbonyl (C=O) groups is 1. The first-order valence-electron chi connectivity index (χ1n) is 8.87. The first kappa shape index (κ1) is 17.0. The summed E-state index contributed by atoms with van der Waals surface area (Å²) in [5.74, 6) is 0.257. The van der Waals surface area contributed by atoms with Crippen LogP contribution in [-0.4, -0.2) is 37.0 Å². The van der Waals surface area contributed by atoms with Crippen molar-refractivity contribution in [1.29, 1.82) is 0 Å². The molecule has 0 saturated heterocycles. The van der Waals surface area contributed by atoms with E-state index >= 15 is 0 Å². The van der Waals surface area contributed by atoms with E-state index in [2.05, 4.69) is 31.4 Å². The standard InChI is InChI=1S/C19H20N6O2/c1-12-14(18(27)25-19(24-12)22-11-23-25)6-7-17(26)20-9-8-13-10-21-16-5-3-2-4-15(13)16/h2-5,10-11,21H,6-9H2,1H3,(H,20,26)(H,22,23,24). The minimum absolute atomic E-state index is 0.0802. The SMILES string of the molecule is Cc1nc2nc[nH]n2c(=O)c1CCC(=O)NCCc1c[nH]c2ccccc12. The molecule has 0 spiro atoms. The molecule has 0 bridgehead atoms. The summed E-state index contributed by atoms with van der Waals surface area (Å²) >= 11 is 0. The van der Waals surface area contributed by atoms with E-state index in [1.165, 1.54) is 21.8 Å². The molecule has 138 valence electrons. The fourth-order valence-corrected chi connectivity index (χ4v) is 3.29. The molecule has 27 heavy (non-hydrogen) atoms. The Kier molecular flexibility index (Phi) is 4.45. The van der Waals surface area contributed by atoms with Crippen LogP contribution in [0.15, 0.2) is 41.6 Å². The Morgan fingerprint density at radius 2 is 2.11 bits per heavy atom. The number of hydrogen-bond donors (Lipinski definition) is 3. The molecular weight excluding hydrogens is 344 g/mol. The quantitative estimate of drug-likeness (QED) is 0.482. The Morgan fingerprint density at radius 3 is 3.00 bits per heavy atom. The molecule has 4 aromatic rings. The number of para-hydroxylation sites is 1. The van der Waals surface area contributed by atoms with Crippen LogP contribution in [0.4, 0.5) is 0 Å². The number of aromatic nitrogens is 5. The highest BCUT2D eigenvalue weighted by atomic mass is 16.1. The van der Waals surface area contributed by atoms with Gasteiger partial charge in [-0.15, -0.1) is 0 Å². The van der Waals surface area contributed by atoms with Crippen LogP contribution in [0.5, 0.6) is 0 Å². The number of benzene rings is 1. The molecule has 0 fully saturated rings. The van der Waals surface area contributed by atoms with E-state index in [0.717, 1.165) is 11.9 Å². The van der Waals surface area contributed by atoms with Gasteiger partial charge in [0.2, 0.25) is 5.91 Å². The zero-order chi connectivity index (χ0) is 18.8. The van der Waals surface area contributed by atoms with Gasteiger partial charge in [0.05, 0.1) is 5.69 Å². The van der Waals surface area contributed by atoms with Gasteiger partial charge >= 0.3 is 0 Å². The molecule has 0 saturated carbocycles. The minimum Gasteiger partial charge on any atom is -0.361 e. The minimum atomic E-state index is -0.207. The van der Waals surface area contributed by atoms with Crippen molar-refractivity contribution in [2.45, 2.75) is 26.2 Å². The van der Waals surface area contributed by atoms with Gasteiger partial charge in [-0.25, -0.2) is 9.97 Å². The second kappa shape index (κ2) is 7.06. The highest BCUT2D eigenvalue weighted by Crippen LogP contribution is 2.17. The molecule has 1 aromatic carbocycles. The summed E-state index contributed by atoms with van der Waals surface area (Å²) in [6.45, 7) is 2.32. The highest BCUT2D eigenvalue weighted by Gasteiger charge is 2.13. The maximum Gasteiger partial charge on any atom is 0.277 e. The zero-order valence-electron chi connectivity index (χ0n) is 15.0. The summed E-state index contributed by atoms with van der Waals surface area (Å²) in [5, 5.41) is 6.83. The van der Waals surface area contributed by atoms with Crippen molar-refractivity contribution in [2.75, 3.05) is 6.54 Å². The van der Waals surface area contributed by atoms with E-state index in [1.54, 1.807) is 6.92 Å². The lowest BCUT2D eigenvalue weighted by Gasteiger charge is -2.06. The summed E-state index contributed by atoms with van der Waals surface area (Å²) in [4.78, 5) is 36.1. The van der Waals surface area contributed by atoms with Crippen molar-refractivity contribution in [2.24, 2.45) is 0 Å². The van der Waals surface area contributed by atoms with Crippen molar-refractivity contribution in [3.05, 3.63) is 64.0 Å². The molecule has 0 radical (unpaired) electrons. The summed E-state index contributed by atoms with van der Waals surface area (Å²) in [7, 11) is 0. The number of nitrogens with zero attached hydrogens (tertiary/aromatic N) is 3. The predicted octanol–water partition coefficient (Wildman–Crippen LogP) is 1.50. The molecule has 8 nitrogen and oxygen atoms in total. The van der Waals surface area contributed by atoms with Crippen molar-refractivity contribution in [1.82, 2.24) is 29.9 Å². The highest BCUT2D eigenvalue weighted by molar-refractivity contribution is 5.83. The Hall–Kier alpha value is -3.42. The molecule has 0 aliphatic carbocycles. The maximum absolute atomic E-state index is 12.4. The van der Waals surface area contributed by atoms with Gasteiger partial charge in [-0.05, 0) is 31.4 Å². The molecule has 0 aliphatic rings. The molecule has 1 amide bonds. The number of aryl methyl sites for hydroxylation is 1. The van der Waals surface area contributed by atoms with Gasteiger partial charge in [0.1, 0.15) is 6.33 Å². The van der Waals surface area contributed by atoms with Crippen molar-refractivity contribution in [3.8, 4) is 0 Å². The van der Waals surface area contributed by atoms with Crippen LogP contribution >= 0.6 is 0 Å². The van der Waals surface area contributed by atoms with Crippen molar-refractivity contribution >= 4 is 22.6 Å². The van der Waals surface area contributed by atoms with Gasteiger partial charge in [-0.2, -0.15) is 4.52 Å². The molecule has 0 unspecified atom stereocenters. The second-order valence-corrected chi connectivity index (χ2v) is 6.46. The largest absolute Gasteiger partial charge is 0.361 e. The van der Waals surface area contributed by atoms with E-state index < -0.39 is 0 Å². The average Bonchev–Trinajstić information content (AvgIpc) is 3.29. The first-order chi connectivity index (χ1) is 13.1. The Morgan fingerprint density at radius 1 is 1.26 bits per heavy atom. The lowest BCUT2D eigenvalue weighted by atomic mass is 10.1. The van der Waals surface area contributed by atoms with Crippen molar-refractivity contribution < 1.29 is 4.79 Å². The normalized spacial score (nSPS) is 11.3.